The molecule has 146 valence electrons. The van der Waals surface area contributed by atoms with Gasteiger partial charge in [-0.05, 0) is 32.9 Å². The maximum atomic E-state index is 12.1. The molecule has 28 heavy (non-hydrogen) atoms. The van der Waals surface area contributed by atoms with Gasteiger partial charge in [0.2, 0.25) is 0 Å². The van der Waals surface area contributed by atoms with Crippen molar-refractivity contribution in [3.8, 4) is 5.82 Å². The molecule has 0 bridgehead atoms. The molecule has 1 amide bonds. The van der Waals surface area contributed by atoms with E-state index in [9.17, 15) is 9.59 Å². The second kappa shape index (κ2) is 7.99. The predicted octanol–water partition coefficient (Wildman–Crippen LogP) is 0.523. The predicted molar refractivity (Wildman–Crippen MR) is 104 cm³/mol. The normalized spacial score (nSPS) is 10.7. The fourth-order valence-corrected chi connectivity index (χ4v) is 2.69. The molecule has 3 rings (SSSR count). The smallest absolute Gasteiger partial charge is 0.271 e. The van der Waals surface area contributed by atoms with Gasteiger partial charge in [0, 0.05) is 38.0 Å². The van der Waals surface area contributed by atoms with Crippen molar-refractivity contribution >= 4 is 11.7 Å². The highest BCUT2D eigenvalue weighted by molar-refractivity contribution is 5.91. The molecular formula is C18H22N8O2. The third-order valence-corrected chi connectivity index (χ3v) is 3.96. The Morgan fingerprint density at radius 1 is 1.07 bits per heavy atom. The molecule has 0 radical (unpaired) electrons. The van der Waals surface area contributed by atoms with Gasteiger partial charge in [0.25, 0.3) is 11.5 Å². The molecule has 0 aliphatic rings. The second-order valence-electron chi connectivity index (χ2n) is 6.36. The lowest BCUT2D eigenvalue weighted by Crippen LogP contribution is -2.31. The van der Waals surface area contributed by atoms with Crippen molar-refractivity contribution in [3.05, 3.63) is 57.5 Å². The first-order valence-corrected chi connectivity index (χ1v) is 8.79. The largest absolute Gasteiger partial charge is 0.368 e. The molecule has 3 aromatic heterocycles. The van der Waals surface area contributed by atoms with Crippen LogP contribution in [0.15, 0.2) is 29.1 Å². The van der Waals surface area contributed by atoms with Crippen molar-refractivity contribution in [2.24, 2.45) is 7.05 Å². The molecule has 0 aliphatic carbocycles. The lowest BCUT2D eigenvalue weighted by molar-refractivity contribution is 0.0948. The van der Waals surface area contributed by atoms with Crippen LogP contribution in [0.2, 0.25) is 0 Å². The van der Waals surface area contributed by atoms with Gasteiger partial charge < -0.3 is 10.6 Å². The average molecular weight is 382 g/mol. The third-order valence-electron chi connectivity index (χ3n) is 3.96. The lowest BCUT2D eigenvalue weighted by atomic mass is 10.3. The number of carbonyl (C=O) groups is 1. The summed E-state index contributed by atoms with van der Waals surface area (Å²) in [6.07, 6.45) is 0. The Hall–Kier alpha value is -3.56. The van der Waals surface area contributed by atoms with Crippen molar-refractivity contribution in [3.63, 3.8) is 0 Å². The first kappa shape index (κ1) is 19.2. The maximum Gasteiger partial charge on any atom is 0.271 e. The van der Waals surface area contributed by atoms with E-state index in [0.717, 1.165) is 16.1 Å². The number of nitrogens with one attached hydrogen (secondary N) is 2. The number of anilines is 1. The van der Waals surface area contributed by atoms with Gasteiger partial charge in [-0.3, -0.25) is 9.59 Å². The molecule has 10 heteroatoms. The summed E-state index contributed by atoms with van der Waals surface area (Å²) in [5.41, 5.74) is 1.82. The maximum absolute atomic E-state index is 12.1. The summed E-state index contributed by atoms with van der Waals surface area (Å²) in [7, 11) is 1.50. The van der Waals surface area contributed by atoms with Gasteiger partial charge in [0.1, 0.15) is 17.3 Å². The van der Waals surface area contributed by atoms with E-state index in [1.165, 1.54) is 19.2 Å². The Labute approximate surface area is 161 Å². The van der Waals surface area contributed by atoms with Gasteiger partial charge in [0.15, 0.2) is 5.82 Å². The minimum Gasteiger partial charge on any atom is -0.368 e. The van der Waals surface area contributed by atoms with Crippen LogP contribution >= 0.6 is 0 Å². The standard InChI is InChI=1S/C18H22N8O2/c1-11-9-12(2)26(23-11)16-10-15(21-13(3)22-16)19-7-8-20-18(28)14-5-6-17(27)25(4)24-14/h5-6,9-10H,7-8H2,1-4H3,(H,20,28)(H,19,21,22). The fraction of sp³-hybridized carbons (Fsp3) is 0.333. The van der Waals surface area contributed by atoms with Crippen molar-refractivity contribution in [1.82, 2.24) is 34.8 Å². The van der Waals surface area contributed by atoms with Gasteiger partial charge in [0.05, 0.1) is 5.69 Å². The number of amides is 1. The Morgan fingerprint density at radius 3 is 2.54 bits per heavy atom. The number of rotatable bonds is 6. The molecule has 0 saturated carbocycles. The van der Waals surface area contributed by atoms with Gasteiger partial charge in [-0.2, -0.15) is 10.2 Å². The molecule has 3 heterocycles. The van der Waals surface area contributed by atoms with E-state index in [0.29, 0.717) is 30.5 Å². The molecule has 0 fully saturated rings. The minimum absolute atomic E-state index is 0.187. The highest BCUT2D eigenvalue weighted by Crippen LogP contribution is 2.13. The van der Waals surface area contributed by atoms with E-state index in [-0.39, 0.29) is 17.2 Å². The summed E-state index contributed by atoms with van der Waals surface area (Å²) < 4.78 is 2.89. The van der Waals surface area contributed by atoms with Crippen LogP contribution in [0.5, 0.6) is 0 Å². The molecule has 0 spiro atoms. The zero-order valence-corrected chi connectivity index (χ0v) is 16.2. The molecule has 2 N–H and O–H groups in total. The van der Waals surface area contributed by atoms with Gasteiger partial charge in [-0.1, -0.05) is 0 Å². The van der Waals surface area contributed by atoms with E-state index < -0.39 is 0 Å². The van der Waals surface area contributed by atoms with Crippen molar-refractivity contribution in [1.29, 1.82) is 0 Å². The zero-order chi connectivity index (χ0) is 20.3. The van der Waals surface area contributed by atoms with E-state index in [1.807, 2.05) is 32.9 Å². The monoisotopic (exact) mass is 382 g/mol. The molecule has 0 aliphatic heterocycles. The van der Waals surface area contributed by atoms with Crippen LogP contribution in [0.1, 0.15) is 27.7 Å². The van der Waals surface area contributed by atoms with Crippen LogP contribution in [-0.4, -0.2) is 48.5 Å². The highest BCUT2D eigenvalue weighted by Gasteiger charge is 2.10. The van der Waals surface area contributed by atoms with Crippen LogP contribution in [0.25, 0.3) is 5.82 Å². The Bertz CT molecular complexity index is 1070. The Balaban J connectivity index is 1.60. The number of aryl methyl sites for hydroxylation is 4. The number of hydrogen-bond acceptors (Lipinski definition) is 7. The molecular weight excluding hydrogens is 360 g/mol. The summed E-state index contributed by atoms with van der Waals surface area (Å²) in [5.74, 6) is 1.59. The highest BCUT2D eigenvalue weighted by atomic mass is 16.2. The van der Waals surface area contributed by atoms with Gasteiger partial charge in [-0.15, -0.1) is 0 Å². The molecule has 10 nitrogen and oxygen atoms in total. The third kappa shape index (κ3) is 4.40. The lowest BCUT2D eigenvalue weighted by Gasteiger charge is -2.10. The average Bonchev–Trinajstić information content (AvgIpc) is 2.98. The van der Waals surface area contributed by atoms with Gasteiger partial charge in [-0.25, -0.2) is 19.3 Å². The summed E-state index contributed by atoms with van der Waals surface area (Å²) in [4.78, 5) is 32.2. The molecule has 0 unspecified atom stereocenters. The zero-order valence-electron chi connectivity index (χ0n) is 16.2. The molecule has 3 aromatic rings. The number of aromatic nitrogens is 6. The quantitative estimate of drug-likeness (QED) is 0.597. The summed E-state index contributed by atoms with van der Waals surface area (Å²) >= 11 is 0. The van der Waals surface area contributed by atoms with Crippen LogP contribution in [0.4, 0.5) is 5.82 Å². The topological polar surface area (TPSA) is 120 Å². The molecule has 0 aromatic carbocycles. The number of hydrogen-bond donors (Lipinski definition) is 2. The fourth-order valence-electron chi connectivity index (χ4n) is 2.69. The second-order valence-corrected chi connectivity index (χ2v) is 6.36. The first-order chi connectivity index (χ1) is 13.3. The van der Waals surface area contributed by atoms with Crippen LogP contribution in [0.3, 0.4) is 0 Å². The van der Waals surface area contributed by atoms with Crippen LogP contribution in [-0.2, 0) is 7.05 Å². The summed E-state index contributed by atoms with van der Waals surface area (Å²) in [5, 5.41) is 14.3. The van der Waals surface area contributed by atoms with Crippen molar-refractivity contribution in [2.45, 2.75) is 20.8 Å². The minimum atomic E-state index is -0.348. The number of carbonyl (C=O) groups excluding carboxylic acids is 1. The molecule has 0 atom stereocenters. The van der Waals surface area contributed by atoms with Crippen molar-refractivity contribution < 1.29 is 4.79 Å². The Morgan fingerprint density at radius 2 is 1.86 bits per heavy atom. The molecule has 0 saturated heterocycles. The van der Waals surface area contributed by atoms with E-state index >= 15 is 0 Å². The first-order valence-electron chi connectivity index (χ1n) is 8.79. The van der Waals surface area contributed by atoms with Crippen molar-refractivity contribution in [2.75, 3.05) is 18.4 Å². The van der Waals surface area contributed by atoms with Crippen LogP contribution in [0, 0.1) is 20.8 Å². The van der Waals surface area contributed by atoms with E-state index in [1.54, 1.807) is 4.68 Å². The summed E-state index contributed by atoms with van der Waals surface area (Å²) in [6, 6.07) is 6.50. The van der Waals surface area contributed by atoms with E-state index in [2.05, 4.69) is 30.8 Å². The summed E-state index contributed by atoms with van der Waals surface area (Å²) in [6.45, 7) is 6.53. The van der Waals surface area contributed by atoms with E-state index in [4.69, 9.17) is 0 Å². The van der Waals surface area contributed by atoms with Crippen LogP contribution < -0.4 is 16.2 Å². The van der Waals surface area contributed by atoms with Gasteiger partial charge >= 0.3 is 0 Å². The SMILES string of the molecule is Cc1cc(C)n(-c2cc(NCCNC(=O)c3ccc(=O)n(C)n3)nc(C)n2)n1. The Kier molecular flexibility index (Phi) is 5.48. The number of nitrogens with zero attached hydrogens (tertiary/aromatic N) is 6.